The highest BCUT2D eigenvalue weighted by atomic mass is 16.6. The largest absolute Gasteiger partial charge is 0.461 e. The standard InChI is InChI=1S/C15H23N3O4/c1-6-21-13(19)12-10-9-18(14(20)22-15(2,3)4)8-7-11(10)16-17(12)5/h6-9H2,1-5H3. The van der Waals surface area contributed by atoms with Crippen LogP contribution in [-0.4, -0.2) is 45.5 Å². The SMILES string of the molecule is CCOC(=O)c1c2c(nn1C)CCN(C(=O)OC(C)(C)C)C2. The molecule has 0 saturated heterocycles. The highest BCUT2D eigenvalue weighted by Crippen LogP contribution is 2.24. The van der Waals surface area contributed by atoms with E-state index < -0.39 is 11.6 Å². The van der Waals surface area contributed by atoms with Crippen LogP contribution in [0.15, 0.2) is 0 Å². The van der Waals surface area contributed by atoms with Crippen molar-refractivity contribution in [3.05, 3.63) is 17.0 Å². The van der Waals surface area contributed by atoms with Gasteiger partial charge in [-0.2, -0.15) is 5.10 Å². The van der Waals surface area contributed by atoms with Crippen LogP contribution in [0.2, 0.25) is 0 Å². The summed E-state index contributed by atoms with van der Waals surface area (Å²) in [6.45, 7) is 8.38. The normalized spacial score (nSPS) is 14.5. The number of nitrogens with zero attached hydrogens (tertiary/aromatic N) is 3. The molecule has 22 heavy (non-hydrogen) atoms. The quantitative estimate of drug-likeness (QED) is 0.780. The fourth-order valence-corrected chi connectivity index (χ4v) is 2.44. The zero-order valence-electron chi connectivity index (χ0n) is 13.8. The van der Waals surface area contributed by atoms with E-state index in [-0.39, 0.29) is 6.09 Å². The molecule has 0 aliphatic carbocycles. The summed E-state index contributed by atoms with van der Waals surface area (Å²) in [4.78, 5) is 25.9. The number of aryl methyl sites for hydroxylation is 1. The van der Waals surface area contributed by atoms with Gasteiger partial charge in [0.25, 0.3) is 0 Å². The minimum Gasteiger partial charge on any atom is -0.461 e. The van der Waals surface area contributed by atoms with Gasteiger partial charge in [0, 0.05) is 25.6 Å². The molecule has 0 spiro atoms. The Bertz CT molecular complexity index is 586. The van der Waals surface area contributed by atoms with Gasteiger partial charge < -0.3 is 14.4 Å². The van der Waals surface area contributed by atoms with Gasteiger partial charge in [-0.15, -0.1) is 0 Å². The van der Waals surface area contributed by atoms with Gasteiger partial charge in [-0.25, -0.2) is 9.59 Å². The zero-order valence-corrected chi connectivity index (χ0v) is 13.8. The molecule has 0 radical (unpaired) electrons. The summed E-state index contributed by atoms with van der Waals surface area (Å²) >= 11 is 0. The fraction of sp³-hybridized carbons (Fsp3) is 0.667. The maximum atomic E-state index is 12.2. The molecule has 1 aliphatic heterocycles. The second kappa shape index (κ2) is 5.98. The van der Waals surface area contributed by atoms with E-state index in [2.05, 4.69) is 5.10 Å². The molecule has 1 aromatic rings. The van der Waals surface area contributed by atoms with Crippen molar-refractivity contribution < 1.29 is 19.1 Å². The predicted molar refractivity (Wildman–Crippen MR) is 79.5 cm³/mol. The first-order valence-electron chi connectivity index (χ1n) is 7.42. The van der Waals surface area contributed by atoms with Crippen LogP contribution in [0.1, 0.15) is 49.4 Å². The van der Waals surface area contributed by atoms with Crippen LogP contribution in [0.4, 0.5) is 4.79 Å². The van der Waals surface area contributed by atoms with Gasteiger partial charge in [-0.3, -0.25) is 4.68 Å². The third kappa shape index (κ3) is 3.40. The van der Waals surface area contributed by atoms with E-state index in [1.807, 2.05) is 20.8 Å². The Morgan fingerprint density at radius 2 is 2.00 bits per heavy atom. The Kier molecular flexibility index (Phi) is 4.44. The molecule has 0 fully saturated rings. The summed E-state index contributed by atoms with van der Waals surface area (Å²) in [5.41, 5.74) is 1.45. The van der Waals surface area contributed by atoms with Crippen LogP contribution < -0.4 is 0 Å². The predicted octanol–water partition coefficient (Wildman–Crippen LogP) is 1.89. The fourth-order valence-electron chi connectivity index (χ4n) is 2.44. The smallest absolute Gasteiger partial charge is 0.410 e. The lowest BCUT2D eigenvalue weighted by atomic mass is 10.1. The Morgan fingerprint density at radius 1 is 1.32 bits per heavy atom. The molecule has 7 nitrogen and oxygen atoms in total. The molecular weight excluding hydrogens is 286 g/mol. The lowest BCUT2D eigenvalue weighted by Gasteiger charge is -2.29. The van der Waals surface area contributed by atoms with Crippen molar-refractivity contribution in [3.8, 4) is 0 Å². The maximum Gasteiger partial charge on any atom is 0.410 e. The number of hydrogen-bond donors (Lipinski definition) is 0. The topological polar surface area (TPSA) is 73.7 Å². The number of amides is 1. The maximum absolute atomic E-state index is 12.2. The molecule has 2 heterocycles. The Hall–Kier alpha value is -2.05. The van der Waals surface area contributed by atoms with Crippen molar-refractivity contribution in [2.75, 3.05) is 13.2 Å². The summed E-state index contributed by atoms with van der Waals surface area (Å²) < 4.78 is 12.0. The van der Waals surface area contributed by atoms with E-state index in [0.717, 1.165) is 11.3 Å². The molecule has 0 atom stereocenters. The molecular formula is C15H23N3O4. The van der Waals surface area contributed by atoms with Gasteiger partial charge in [0.1, 0.15) is 5.60 Å². The molecule has 1 aromatic heterocycles. The monoisotopic (exact) mass is 309 g/mol. The van der Waals surface area contributed by atoms with Gasteiger partial charge in [0.15, 0.2) is 5.69 Å². The lowest BCUT2D eigenvalue weighted by molar-refractivity contribution is 0.0220. The van der Waals surface area contributed by atoms with E-state index >= 15 is 0 Å². The molecule has 122 valence electrons. The van der Waals surface area contributed by atoms with Crippen molar-refractivity contribution in [2.24, 2.45) is 7.05 Å². The van der Waals surface area contributed by atoms with Crippen LogP contribution in [-0.2, 0) is 29.5 Å². The van der Waals surface area contributed by atoms with E-state index in [0.29, 0.717) is 31.8 Å². The van der Waals surface area contributed by atoms with Crippen LogP contribution in [0.3, 0.4) is 0 Å². The summed E-state index contributed by atoms with van der Waals surface area (Å²) in [7, 11) is 1.71. The summed E-state index contributed by atoms with van der Waals surface area (Å²) in [6.07, 6.45) is 0.221. The Labute approximate surface area is 130 Å². The highest BCUT2D eigenvalue weighted by Gasteiger charge is 2.31. The zero-order chi connectivity index (χ0) is 16.5. The highest BCUT2D eigenvalue weighted by molar-refractivity contribution is 5.89. The second-order valence-corrected chi connectivity index (χ2v) is 6.27. The first-order valence-corrected chi connectivity index (χ1v) is 7.42. The number of carbonyl (C=O) groups is 2. The average Bonchev–Trinajstić information content (AvgIpc) is 2.71. The number of carbonyl (C=O) groups excluding carboxylic acids is 2. The number of rotatable bonds is 2. The number of esters is 1. The average molecular weight is 309 g/mol. The van der Waals surface area contributed by atoms with E-state index in [1.165, 1.54) is 4.68 Å². The Balaban J connectivity index is 2.22. The second-order valence-electron chi connectivity index (χ2n) is 6.27. The molecule has 0 unspecified atom stereocenters. The number of aromatic nitrogens is 2. The summed E-state index contributed by atoms with van der Waals surface area (Å²) in [5, 5.41) is 4.36. The lowest BCUT2D eigenvalue weighted by Crippen LogP contribution is -2.40. The molecule has 0 saturated carbocycles. The van der Waals surface area contributed by atoms with Crippen LogP contribution >= 0.6 is 0 Å². The van der Waals surface area contributed by atoms with Crippen LogP contribution in [0, 0.1) is 0 Å². The van der Waals surface area contributed by atoms with Crippen molar-refractivity contribution in [3.63, 3.8) is 0 Å². The minimum absolute atomic E-state index is 0.300. The minimum atomic E-state index is -0.545. The van der Waals surface area contributed by atoms with E-state index in [4.69, 9.17) is 9.47 Å². The molecule has 0 aromatic carbocycles. The first-order chi connectivity index (χ1) is 10.2. The molecule has 2 rings (SSSR count). The molecule has 0 bridgehead atoms. The summed E-state index contributed by atoms with van der Waals surface area (Å²) in [5.74, 6) is -0.412. The van der Waals surface area contributed by atoms with Gasteiger partial charge >= 0.3 is 12.1 Å². The number of hydrogen-bond acceptors (Lipinski definition) is 5. The Morgan fingerprint density at radius 3 is 2.59 bits per heavy atom. The van der Waals surface area contributed by atoms with Gasteiger partial charge in [-0.05, 0) is 27.7 Å². The van der Waals surface area contributed by atoms with Crippen molar-refractivity contribution in [1.82, 2.24) is 14.7 Å². The van der Waals surface area contributed by atoms with Gasteiger partial charge in [-0.1, -0.05) is 0 Å². The van der Waals surface area contributed by atoms with Crippen molar-refractivity contribution in [2.45, 2.75) is 46.3 Å². The number of fused-ring (bicyclic) bond motifs is 1. The van der Waals surface area contributed by atoms with Crippen LogP contribution in [0.25, 0.3) is 0 Å². The molecule has 1 aliphatic rings. The van der Waals surface area contributed by atoms with Crippen molar-refractivity contribution >= 4 is 12.1 Å². The van der Waals surface area contributed by atoms with Crippen LogP contribution in [0.5, 0.6) is 0 Å². The van der Waals surface area contributed by atoms with Gasteiger partial charge in [0.2, 0.25) is 0 Å². The summed E-state index contributed by atoms with van der Waals surface area (Å²) in [6, 6.07) is 0. The molecule has 1 amide bonds. The van der Waals surface area contributed by atoms with Gasteiger partial charge in [0.05, 0.1) is 18.8 Å². The number of ether oxygens (including phenoxy) is 2. The molecule has 0 N–H and O–H groups in total. The molecule has 7 heteroatoms. The van der Waals surface area contributed by atoms with E-state index in [9.17, 15) is 9.59 Å². The van der Waals surface area contributed by atoms with E-state index in [1.54, 1.807) is 18.9 Å². The third-order valence-electron chi connectivity index (χ3n) is 3.32. The third-order valence-corrected chi connectivity index (χ3v) is 3.32. The first kappa shape index (κ1) is 16.3. The van der Waals surface area contributed by atoms with Crippen molar-refractivity contribution in [1.29, 1.82) is 0 Å².